The predicted octanol–water partition coefficient (Wildman–Crippen LogP) is 2.25. The first-order chi connectivity index (χ1) is 8.85. The molecule has 0 aliphatic heterocycles. The molecular formula is C11H16N4OS2. The van der Waals surface area contributed by atoms with Gasteiger partial charge in [-0.2, -0.15) is 11.8 Å². The fraction of sp³-hybridized carbons (Fsp3) is 0.455. The molecular weight excluding hydrogens is 268 g/mol. The first kappa shape index (κ1) is 13.5. The summed E-state index contributed by atoms with van der Waals surface area (Å²) in [6, 6.07) is 1.98. The van der Waals surface area contributed by atoms with Crippen LogP contribution in [0, 0.1) is 0 Å². The van der Waals surface area contributed by atoms with E-state index < -0.39 is 0 Å². The third-order valence-corrected chi connectivity index (χ3v) is 4.22. The summed E-state index contributed by atoms with van der Waals surface area (Å²) in [4.78, 5) is 9.92. The lowest BCUT2D eigenvalue weighted by molar-refractivity contribution is 0.200. The Bertz CT molecular complexity index is 503. The van der Waals surface area contributed by atoms with Gasteiger partial charge in [-0.15, -0.1) is 11.3 Å². The zero-order valence-electron chi connectivity index (χ0n) is 10.2. The molecule has 0 aliphatic carbocycles. The van der Waals surface area contributed by atoms with Crippen molar-refractivity contribution in [1.82, 2.24) is 9.97 Å². The number of nitrogens with one attached hydrogen (secondary N) is 1. The minimum absolute atomic E-state index is 0.703. The summed E-state index contributed by atoms with van der Waals surface area (Å²) < 4.78 is 5.01. The number of hydrogen-bond acceptors (Lipinski definition) is 7. The molecule has 2 heterocycles. The summed E-state index contributed by atoms with van der Waals surface area (Å²) >= 11 is 3.41. The number of nitrogens with two attached hydrogens (primary N) is 1. The molecule has 2 rings (SSSR count). The molecule has 3 N–H and O–H groups in total. The number of rotatable bonds is 7. The Hall–Kier alpha value is -0.890. The highest BCUT2D eigenvalue weighted by Crippen LogP contribution is 2.25. The maximum absolute atomic E-state index is 5.48. The summed E-state index contributed by atoms with van der Waals surface area (Å²) in [5, 5.41) is 2.98. The first-order valence-corrected chi connectivity index (χ1v) is 7.66. The first-order valence-electron chi connectivity index (χ1n) is 5.62. The van der Waals surface area contributed by atoms with Gasteiger partial charge < -0.3 is 10.2 Å². The normalized spacial score (nSPS) is 11.0. The Kier molecular flexibility index (Phi) is 5.18. The summed E-state index contributed by atoms with van der Waals surface area (Å²) in [5.74, 6) is 8.85. The average molecular weight is 284 g/mol. The van der Waals surface area contributed by atoms with Gasteiger partial charge in [0.2, 0.25) is 0 Å². The number of anilines is 1. The highest BCUT2D eigenvalue weighted by Gasteiger charge is 2.07. The monoisotopic (exact) mass is 284 g/mol. The lowest BCUT2D eigenvalue weighted by Gasteiger charge is -2.05. The van der Waals surface area contributed by atoms with Crippen LogP contribution in [-0.4, -0.2) is 29.4 Å². The van der Waals surface area contributed by atoms with Crippen LogP contribution in [0.15, 0.2) is 11.4 Å². The maximum Gasteiger partial charge on any atom is 0.152 e. The average Bonchev–Trinajstić information content (AvgIpc) is 2.85. The molecule has 98 valence electrons. The molecule has 0 saturated heterocycles. The molecule has 0 saturated carbocycles. The molecule has 0 radical (unpaired) electrons. The van der Waals surface area contributed by atoms with E-state index in [4.69, 9.17) is 10.6 Å². The second-order valence-electron chi connectivity index (χ2n) is 3.67. The second kappa shape index (κ2) is 6.89. The van der Waals surface area contributed by atoms with Gasteiger partial charge in [0.05, 0.1) is 11.1 Å². The van der Waals surface area contributed by atoms with Gasteiger partial charge in [0, 0.05) is 13.7 Å². The van der Waals surface area contributed by atoms with E-state index in [1.165, 1.54) is 0 Å². The molecule has 7 heteroatoms. The minimum Gasteiger partial charge on any atom is -0.385 e. The zero-order valence-corrected chi connectivity index (χ0v) is 11.8. The van der Waals surface area contributed by atoms with Gasteiger partial charge in [0.25, 0.3) is 0 Å². The van der Waals surface area contributed by atoms with Crippen LogP contribution in [0.2, 0.25) is 0 Å². The van der Waals surface area contributed by atoms with Crippen LogP contribution < -0.4 is 11.3 Å². The lowest BCUT2D eigenvalue weighted by atomic mass is 10.4. The van der Waals surface area contributed by atoms with E-state index in [1.54, 1.807) is 18.4 Å². The molecule has 0 amide bonds. The van der Waals surface area contributed by atoms with Crippen LogP contribution in [-0.2, 0) is 10.5 Å². The summed E-state index contributed by atoms with van der Waals surface area (Å²) in [6.45, 7) is 0.799. The quantitative estimate of drug-likeness (QED) is 0.461. The Morgan fingerprint density at radius 3 is 3.17 bits per heavy atom. The van der Waals surface area contributed by atoms with Gasteiger partial charge in [0.15, 0.2) is 5.82 Å². The summed E-state index contributed by atoms with van der Waals surface area (Å²) in [7, 11) is 1.72. The fourth-order valence-corrected chi connectivity index (χ4v) is 3.10. The highest BCUT2D eigenvalue weighted by atomic mass is 32.2. The molecule has 2 aromatic heterocycles. The van der Waals surface area contributed by atoms with Crippen molar-refractivity contribution >= 4 is 39.1 Å². The number of thiophene rings is 1. The molecule has 0 atom stereocenters. The fourth-order valence-electron chi connectivity index (χ4n) is 1.54. The lowest BCUT2D eigenvalue weighted by Crippen LogP contribution is -2.10. The molecule has 0 bridgehead atoms. The largest absolute Gasteiger partial charge is 0.385 e. The van der Waals surface area contributed by atoms with Gasteiger partial charge in [0.1, 0.15) is 10.7 Å². The third-order valence-electron chi connectivity index (χ3n) is 2.38. The molecule has 0 aliphatic rings. The third kappa shape index (κ3) is 3.32. The Morgan fingerprint density at radius 2 is 2.39 bits per heavy atom. The van der Waals surface area contributed by atoms with Crippen molar-refractivity contribution < 1.29 is 4.74 Å². The molecule has 18 heavy (non-hydrogen) atoms. The smallest absolute Gasteiger partial charge is 0.152 e. The number of nitrogens with zero attached hydrogens (tertiary/aromatic N) is 2. The Balaban J connectivity index is 2.00. The predicted molar refractivity (Wildman–Crippen MR) is 77.9 cm³/mol. The van der Waals surface area contributed by atoms with Crippen molar-refractivity contribution in [2.75, 3.05) is 24.9 Å². The van der Waals surface area contributed by atoms with Crippen molar-refractivity contribution in [1.29, 1.82) is 0 Å². The van der Waals surface area contributed by atoms with Crippen molar-refractivity contribution in [3.63, 3.8) is 0 Å². The standard InChI is InChI=1S/C11H16N4OS2/c1-16-4-2-5-17-7-9-13-10(15-12)8-3-6-18-11(8)14-9/h3,6H,2,4-5,7,12H2,1H3,(H,13,14,15). The zero-order chi connectivity index (χ0) is 12.8. The number of ether oxygens (including phenoxy) is 1. The van der Waals surface area contributed by atoms with Crippen molar-refractivity contribution in [2.24, 2.45) is 5.84 Å². The molecule has 0 aromatic carbocycles. The molecule has 2 aromatic rings. The van der Waals surface area contributed by atoms with E-state index in [0.29, 0.717) is 5.82 Å². The number of hydrazine groups is 1. The highest BCUT2D eigenvalue weighted by molar-refractivity contribution is 7.98. The van der Waals surface area contributed by atoms with Crippen molar-refractivity contribution in [3.8, 4) is 0 Å². The summed E-state index contributed by atoms with van der Waals surface area (Å²) in [5.41, 5.74) is 2.63. The van der Waals surface area contributed by atoms with E-state index in [9.17, 15) is 0 Å². The number of fused-ring (bicyclic) bond motifs is 1. The van der Waals surface area contributed by atoms with Gasteiger partial charge in [-0.3, -0.25) is 0 Å². The van der Waals surface area contributed by atoms with Gasteiger partial charge in [-0.05, 0) is 23.6 Å². The Labute approximate surface area is 114 Å². The van der Waals surface area contributed by atoms with Crippen molar-refractivity contribution in [3.05, 3.63) is 17.3 Å². The van der Waals surface area contributed by atoms with E-state index in [0.717, 1.165) is 40.6 Å². The molecule has 0 unspecified atom stereocenters. The van der Waals surface area contributed by atoms with Crippen LogP contribution in [0.3, 0.4) is 0 Å². The number of thioether (sulfide) groups is 1. The van der Waals surface area contributed by atoms with E-state index in [1.807, 2.05) is 23.2 Å². The number of hydrogen-bond donors (Lipinski definition) is 2. The topological polar surface area (TPSA) is 73.1 Å². The van der Waals surface area contributed by atoms with Crippen LogP contribution in [0.5, 0.6) is 0 Å². The summed E-state index contributed by atoms with van der Waals surface area (Å²) in [6.07, 6.45) is 1.05. The molecule has 5 nitrogen and oxygen atoms in total. The minimum atomic E-state index is 0.703. The number of nitrogen functional groups attached to an aromatic ring is 1. The number of aromatic nitrogens is 2. The van der Waals surface area contributed by atoms with E-state index in [2.05, 4.69) is 15.4 Å². The molecule has 0 spiro atoms. The van der Waals surface area contributed by atoms with Crippen LogP contribution in [0.4, 0.5) is 5.82 Å². The van der Waals surface area contributed by atoms with E-state index in [-0.39, 0.29) is 0 Å². The van der Waals surface area contributed by atoms with Gasteiger partial charge in [-0.25, -0.2) is 15.8 Å². The SMILES string of the molecule is COCCCSCc1nc(NN)c2ccsc2n1. The Morgan fingerprint density at radius 1 is 1.50 bits per heavy atom. The van der Waals surface area contributed by atoms with Gasteiger partial charge in [-0.1, -0.05) is 0 Å². The van der Waals surface area contributed by atoms with Crippen molar-refractivity contribution in [2.45, 2.75) is 12.2 Å². The van der Waals surface area contributed by atoms with Gasteiger partial charge >= 0.3 is 0 Å². The van der Waals surface area contributed by atoms with Crippen LogP contribution in [0.1, 0.15) is 12.2 Å². The molecule has 0 fully saturated rings. The van der Waals surface area contributed by atoms with Crippen LogP contribution in [0.25, 0.3) is 10.2 Å². The number of methoxy groups -OCH3 is 1. The maximum atomic E-state index is 5.48. The van der Waals surface area contributed by atoms with E-state index >= 15 is 0 Å². The van der Waals surface area contributed by atoms with Crippen LogP contribution >= 0.6 is 23.1 Å². The second-order valence-corrected chi connectivity index (χ2v) is 5.67.